The summed E-state index contributed by atoms with van der Waals surface area (Å²) in [6.07, 6.45) is 0.632. The van der Waals surface area contributed by atoms with Gasteiger partial charge in [0.1, 0.15) is 5.58 Å². The van der Waals surface area contributed by atoms with Crippen LogP contribution in [0.25, 0.3) is 11.0 Å². The number of methoxy groups -OCH3 is 3. The lowest BCUT2D eigenvalue weighted by molar-refractivity contribution is 0.0707. The number of carbonyl (C=O) groups excluding carboxylic acids is 1. The molecule has 0 saturated heterocycles. The number of aryl methyl sites for hydroxylation is 1. The maximum absolute atomic E-state index is 13.5. The highest BCUT2D eigenvalue weighted by Crippen LogP contribution is 2.41. The molecule has 1 amide bonds. The first kappa shape index (κ1) is 20.9. The molecule has 1 unspecified atom stereocenters. The number of benzene rings is 2. The highest BCUT2D eigenvalue weighted by molar-refractivity contribution is 5.99. The van der Waals surface area contributed by atoms with Crippen LogP contribution in [-0.2, 0) is 4.74 Å². The highest BCUT2D eigenvalue weighted by Gasteiger charge is 2.42. The zero-order valence-electron chi connectivity index (χ0n) is 18.1. The first-order valence-electron chi connectivity index (χ1n) is 10.1. The zero-order valence-corrected chi connectivity index (χ0v) is 18.1. The second kappa shape index (κ2) is 8.43. The van der Waals surface area contributed by atoms with Crippen LogP contribution in [0.5, 0.6) is 11.5 Å². The summed E-state index contributed by atoms with van der Waals surface area (Å²) in [7, 11) is 4.73. The summed E-state index contributed by atoms with van der Waals surface area (Å²) in [6, 6.07) is 10.2. The molecule has 0 saturated carbocycles. The molecule has 31 heavy (non-hydrogen) atoms. The summed E-state index contributed by atoms with van der Waals surface area (Å²) < 4.78 is 21.9. The molecule has 0 radical (unpaired) electrons. The summed E-state index contributed by atoms with van der Waals surface area (Å²) in [5.74, 6) is 0.894. The van der Waals surface area contributed by atoms with Gasteiger partial charge in [0.25, 0.3) is 5.91 Å². The summed E-state index contributed by atoms with van der Waals surface area (Å²) >= 11 is 0. The topological polar surface area (TPSA) is 78.2 Å². The van der Waals surface area contributed by atoms with E-state index in [9.17, 15) is 9.59 Å². The van der Waals surface area contributed by atoms with Crippen molar-refractivity contribution in [3.8, 4) is 11.5 Å². The molecule has 4 rings (SSSR count). The molecule has 7 nitrogen and oxygen atoms in total. The number of amides is 1. The van der Waals surface area contributed by atoms with Crippen molar-refractivity contribution in [1.29, 1.82) is 0 Å². The van der Waals surface area contributed by atoms with Crippen molar-refractivity contribution < 1.29 is 23.4 Å². The number of nitrogens with zero attached hydrogens (tertiary/aromatic N) is 1. The SMILES string of the molecule is COCCCN1C(=O)c2oc3ccc(C)cc3c(=O)c2C1c1ccc(OC)c(OC)c1. The van der Waals surface area contributed by atoms with Crippen LogP contribution in [-0.4, -0.2) is 45.3 Å². The quantitative estimate of drug-likeness (QED) is 0.539. The van der Waals surface area contributed by atoms with Gasteiger partial charge in [-0.2, -0.15) is 0 Å². The number of hydrogen-bond acceptors (Lipinski definition) is 6. The molecule has 7 heteroatoms. The normalized spacial score (nSPS) is 15.4. The van der Waals surface area contributed by atoms with Gasteiger partial charge >= 0.3 is 0 Å². The molecular formula is C24H25NO6. The minimum atomic E-state index is -0.583. The summed E-state index contributed by atoms with van der Waals surface area (Å²) in [4.78, 5) is 28.5. The molecule has 0 aliphatic carbocycles. The third kappa shape index (κ3) is 3.55. The van der Waals surface area contributed by atoms with Crippen molar-refractivity contribution >= 4 is 16.9 Å². The van der Waals surface area contributed by atoms with Crippen molar-refractivity contribution in [2.24, 2.45) is 0 Å². The van der Waals surface area contributed by atoms with Crippen LogP contribution in [0.15, 0.2) is 45.6 Å². The maximum atomic E-state index is 13.5. The lowest BCUT2D eigenvalue weighted by atomic mass is 9.97. The predicted octanol–water partition coefficient (Wildman–Crippen LogP) is 3.70. The van der Waals surface area contributed by atoms with Gasteiger partial charge in [0.2, 0.25) is 5.76 Å². The molecule has 0 fully saturated rings. The van der Waals surface area contributed by atoms with E-state index in [2.05, 4.69) is 0 Å². The first-order valence-corrected chi connectivity index (χ1v) is 10.1. The molecular weight excluding hydrogens is 398 g/mol. The van der Waals surface area contributed by atoms with Gasteiger partial charge in [0.15, 0.2) is 16.9 Å². The Bertz CT molecular complexity index is 1200. The second-order valence-corrected chi connectivity index (χ2v) is 7.54. The van der Waals surface area contributed by atoms with Crippen molar-refractivity contribution in [3.05, 3.63) is 69.1 Å². The van der Waals surface area contributed by atoms with E-state index in [1.165, 1.54) is 0 Å². The van der Waals surface area contributed by atoms with E-state index >= 15 is 0 Å². The summed E-state index contributed by atoms with van der Waals surface area (Å²) in [5.41, 5.74) is 2.27. The lowest BCUT2D eigenvalue weighted by Crippen LogP contribution is -2.31. The molecule has 162 valence electrons. The number of ether oxygens (including phenoxy) is 3. The standard InChI is InChI=1S/C24H25NO6/c1-14-6-8-17-16(12-14)22(26)20-21(15-7-9-18(29-3)19(13-15)30-4)25(10-5-11-28-2)24(27)23(20)31-17/h6-9,12-13,21H,5,10-11H2,1-4H3. The van der Waals surface area contributed by atoms with E-state index < -0.39 is 6.04 Å². The Kier molecular flexibility index (Phi) is 5.69. The van der Waals surface area contributed by atoms with E-state index in [1.807, 2.05) is 19.1 Å². The van der Waals surface area contributed by atoms with Gasteiger partial charge in [-0.25, -0.2) is 0 Å². The van der Waals surface area contributed by atoms with Crippen molar-refractivity contribution in [2.45, 2.75) is 19.4 Å². The van der Waals surface area contributed by atoms with Gasteiger partial charge in [-0.15, -0.1) is 0 Å². The number of rotatable bonds is 7. The average Bonchev–Trinajstić information content (AvgIpc) is 3.06. The van der Waals surface area contributed by atoms with E-state index in [-0.39, 0.29) is 17.1 Å². The minimum Gasteiger partial charge on any atom is -0.493 e. The zero-order chi connectivity index (χ0) is 22.1. The third-order valence-corrected chi connectivity index (χ3v) is 5.59. The Labute approximate surface area is 180 Å². The van der Waals surface area contributed by atoms with Crippen LogP contribution < -0.4 is 14.9 Å². The van der Waals surface area contributed by atoms with Gasteiger partial charge in [-0.1, -0.05) is 17.7 Å². The number of carbonyl (C=O) groups is 1. The molecule has 0 bridgehead atoms. The van der Waals surface area contributed by atoms with E-state index in [4.69, 9.17) is 18.6 Å². The molecule has 1 aliphatic rings. The largest absolute Gasteiger partial charge is 0.493 e. The van der Waals surface area contributed by atoms with E-state index in [0.29, 0.717) is 47.6 Å². The fraction of sp³-hybridized carbons (Fsp3) is 0.333. The average molecular weight is 423 g/mol. The lowest BCUT2D eigenvalue weighted by Gasteiger charge is -2.25. The maximum Gasteiger partial charge on any atom is 0.290 e. The summed E-state index contributed by atoms with van der Waals surface area (Å²) in [6.45, 7) is 2.84. The molecule has 2 heterocycles. The molecule has 2 aromatic carbocycles. The number of hydrogen-bond donors (Lipinski definition) is 0. The molecule has 1 atom stereocenters. The molecule has 1 aliphatic heterocycles. The molecule has 3 aromatic rings. The van der Waals surface area contributed by atoms with Crippen molar-refractivity contribution in [2.75, 3.05) is 34.5 Å². The summed E-state index contributed by atoms with van der Waals surface area (Å²) in [5, 5.41) is 0.468. The minimum absolute atomic E-state index is 0.0959. The molecule has 1 aromatic heterocycles. The van der Waals surface area contributed by atoms with Crippen LogP contribution in [0.2, 0.25) is 0 Å². The first-order chi connectivity index (χ1) is 15.0. The predicted molar refractivity (Wildman–Crippen MR) is 116 cm³/mol. The smallest absolute Gasteiger partial charge is 0.290 e. The van der Waals surface area contributed by atoms with Crippen LogP contribution in [0, 0.1) is 6.92 Å². The third-order valence-electron chi connectivity index (χ3n) is 5.59. The van der Waals surface area contributed by atoms with Crippen molar-refractivity contribution in [3.63, 3.8) is 0 Å². The van der Waals surface area contributed by atoms with Crippen LogP contribution in [0.1, 0.15) is 39.7 Å². The fourth-order valence-corrected chi connectivity index (χ4v) is 4.11. The van der Waals surface area contributed by atoms with Gasteiger partial charge < -0.3 is 23.5 Å². The highest BCUT2D eigenvalue weighted by atomic mass is 16.5. The van der Waals surface area contributed by atoms with Gasteiger partial charge in [0, 0.05) is 20.3 Å². The van der Waals surface area contributed by atoms with Gasteiger partial charge in [0.05, 0.1) is 31.2 Å². The Morgan fingerprint density at radius 1 is 1.00 bits per heavy atom. The fourth-order valence-electron chi connectivity index (χ4n) is 4.11. The Morgan fingerprint density at radius 3 is 2.48 bits per heavy atom. The Hall–Kier alpha value is -3.32. The van der Waals surface area contributed by atoms with E-state index in [0.717, 1.165) is 11.1 Å². The van der Waals surface area contributed by atoms with Gasteiger partial charge in [-0.05, 0) is 43.2 Å². The molecule has 0 N–H and O–H groups in total. The Balaban J connectivity index is 1.93. The van der Waals surface area contributed by atoms with E-state index in [1.54, 1.807) is 50.5 Å². The second-order valence-electron chi connectivity index (χ2n) is 7.54. The monoisotopic (exact) mass is 423 g/mol. The van der Waals surface area contributed by atoms with Gasteiger partial charge in [-0.3, -0.25) is 9.59 Å². The number of fused-ring (bicyclic) bond motifs is 2. The Morgan fingerprint density at radius 2 is 1.77 bits per heavy atom. The van der Waals surface area contributed by atoms with Crippen molar-refractivity contribution in [1.82, 2.24) is 4.90 Å². The van der Waals surface area contributed by atoms with Crippen LogP contribution >= 0.6 is 0 Å². The molecule has 0 spiro atoms. The van der Waals surface area contributed by atoms with Crippen LogP contribution in [0.4, 0.5) is 0 Å². The van der Waals surface area contributed by atoms with Crippen LogP contribution in [0.3, 0.4) is 0 Å².